The predicted octanol–water partition coefficient (Wildman–Crippen LogP) is 4.64. The molecular weight excluding hydrogens is 388 g/mol. The number of nitrogens with one attached hydrogen (secondary N) is 1. The normalized spacial score (nSPS) is 15.0. The fourth-order valence-electron chi connectivity index (χ4n) is 3.04. The third kappa shape index (κ3) is 5.14. The average Bonchev–Trinajstić information content (AvgIpc) is 3.02. The van der Waals surface area contributed by atoms with Crippen LogP contribution in [0.2, 0.25) is 0 Å². The molecule has 1 N–H and O–H groups in total. The molecule has 0 radical (unpaired) electrons. The van der Waals surface area contributed by atoms with Gasteiger partial charge in [-0.1, -0.05) is 54.3 Å². The summed E-state index contributed by atoms with van der Waals surface area (Å²) < 4.78 is 6.64. The fraction of sp³-hybridized carbons (Fsp3) is 0.273. The first-order valence-corrected chi connectivity index (χ1v) is 10.6. The van der Waals surface area contributed by atoms with Crippen LogP contribution in [-0.2, 0) is 11.2 Å². The van der Waals surface area contributed by atoms with E-state index in [-0.39, 0.29) is 5.91 Å². The standard InChI is InChI=1S/C22H24N2O2S2/c1-3-24(4-2)18-11-10-17(14-20-21(25)23-22(27)28-20)19(15-18)26-13-12-16-8-6-5-7-9-16/h5-11,14-15H,3-4,12-13H2,1-2H3,(H,23,25,27)/b20-14+. The van der Waals surface area contributed by atoms with Crippen molar-refractivity contribution in [1.29, 1.82) is 0 Å². The van der Waals surface area contributed by atoms with Crippen molar-refractivity contribution >= 4 is 46.0 Å². The Hall–Kier alpha value is -2.31. The van der Waals surface area contributed by atoms with Crippen molar-refractivity contribution in [2.24, 2.45) is 0 Å². The Kier molecular flexibility index (Phi) is 7.12. The lowest BCUT2D eigenvalue weighted by molar-refractivity contribution is -0.115. The second-order valence-corrected chi connectivity index (χ2v) is 8.05. The van der Waals surface area contributed by atoms with Crippen molar-refractivity contribution < 1.29 is 9.53 Å². The molecule has 0 aliphatic carbocycles. The highest BCUT2D eigenvalue weighted by molar-refractivity contribution is 8.26. The molecule has 0 atom stereocenters. The van der Waals surface area contributed by atoms with Crippen LogP contribution in [0.5, 0.6) is 5.75 Å². The Balaban J connectivity index is 1.84. The summed E-state index contributed by atoms with van der Waals surface area (Å²) >= 11 is 6.37. The molecule has 146 valence electrons. The zero-order chi connectivity index (χ0) is 19.9. The summed E-state index contributed by atoms with van der Waals surface area (Å²) in [5.74, 6) is 0.622. The van der Waals surface area contributed by atoms with Crippen molar-refractivity contribution in [3.8, 4) is 5.75 Å². The number of thiocarbonyl (C=S) groups is 1. The van der Waals surface area contributed by atoms with Crippen molar-refractivity contribution in [3.63, 3.8) is 0 Å². The maximum Gasteiger partial charge on any atom is 0.263 e. The molecule has 4 nitrogen and oxygen atoms in total. The number of anilines is 1. The van der Waals surface area contributed by atoms with Gasteiger partial charge in [-0.25, -0.2) is 0 Å². The van der Waals surface area contributed by atoms with Crippen molar-refractivity contribution in [3.05, 3.63) is 64.6 Å². The Morgan fingerprint density at radius 3 is 2.54 bits per heavy atom. The Morgan fingerprint density at radius 2 is 1.89 bits per heavy atom. The first-order chi connectivity index (χ1) is 13.6. The monoisotopic (exact) mass is 412 g/mol. The van der Waals surface area contributed by atoms with Crippen LogP contribution in [0.25, 0.3) is 6.08 Å². The highest BCUT2D eigenvalue weighted by Gasteiger charge is 2.22. The number of carbonyl (C=O) groups is 1. The zero-order valence-corrected chi connectivity index (χ0v) is 17.7. The molecule has 1 heterocycles. The summed E-state index contributed by atoms with van der Waals surface area (Å²) in [4.78, 5) is 14.9. The maximum atomic E-state index is 12.0. The van der Waals surface area contributed by atoms with Gasteiger partial charge in [-0.05, 0) is 37.6 Å². The van der Waals surface area contributed by atoms with Crippen LogP contribution in [0.1, 0.15) is 25.0 Å². The van der Waals surface area contributed by atoms with Crippen LogP contribution in [0, 0.1) is 0 Å². The molecule has 2 aromatic rings. The van der Waals surface area contributed by atoms with Crippen LogP contribution in [0.15, 0.2) is 53.4 Å². The Bertz CT molecular complexity index is 877. The fourth-order valence-corrected chi connectivity index (χ4v) is 4.07. The molecule has 0 spiro atoms. The summed E-state index contributed by atoms with van der Waals surface area (Å²) in [6, 6.07) is 16.4. The van der Waals surface area contributed by atoms with E-state index in [1.165, 1.54) is 17.3 Å². The van der Waals surface area contributed by atoms with E-state index >= 15 is 0 Å². The second kappa shape index (κ2) is 9.75. The maximum absolute atomic E-state index is 12.0. The van der Waals surface area contributed by atoms with E-state index in [4.69, 9.17) is 17.0 Å². The first-order valence-electron chi connectivity index (χ1n) is 9.41. The number of benzene rings is 2. The molecule has 0 saturated carbocycles. The Labute approximate surface area is 176 Å². The number of ether oxygens (including phenoxy) is 1. The van der Waals surface area contributed by atoms with E-state index in [1.54, 1.807) is 0 Å². The molecule has 3 rings (SSSR count). The van der Waals surface area contributed by atoms with Crippen molar-refractivity contribution in [2.45, 2.75) is 20.3 Å². The van der Waals surface area contributed by atoms with Crippen LogP contribution in [0.3, 0.4) is 0 Å². The van der Waals surface area contributed by atoms with Gasteiger partial charge in [0.1, 0.15) is 10.1 Å². The zero-order valence-electron chi connectivity index (χ0n) is 16.1. The minimum Gasteiger partial charge on any atom is -0.493 e. The number of carbonyl (C=O) groups excluding carboxylic acids is 1. The molecule has 1 aliphatic rings. The smallest absolute Gasteiger partial charge is 0.263 e. The molecular formula is C22H24N2O2S2. The van der Waals surface area contributed by atoms with Crippen LogP contribution in [0.4, 0.5) is 5.69 Å². The van der Waals surface area contributed by atoms with Gasteiger partial charge in [0.2, 0.25) is 0 Å². The van der Waals surface area contributed by atoms with Gasteiger partial charge < -0.3 is 15.0 Å². The third-order valence-corrected chi connectivity index (χ3v) is 5.71. The lowest BCUT2D eigenvalue weighted by Gasteiger charge is -2.22. The van der Waals surface area contributed by atoms with E-state index in [1.807, 2.05) is 30.3 Å². The number of nitrogens with zero attached hydrogens (tertiary/aromatic N) is 1. The van der Waals surface area contributed by atoms with Gasteiger partial charge in [0, 0.05) is 36.8 Å². The second-order valence-electron chi connectivity index (χ2n) is 6.33. The van der Waals surface area contributed by atoms with Gasteiger partial charge in [0.15, 0.2) is 0 Å². The number of rotatable bonds is 8. The summed E-state index contributed by atoms with van der Waals surface area (Å²) in [6.07, 6.45) is 2.68. The third-order valence-electron chi connectivity index (χ3n) is 4.55. The molecule has 28 heavy (non-hydrogen) atoms. The largest absolute Gasteiger partial charge is 0.493 e. The predicted molar refractivity (Wildman–Crippen MR) is 122 cm³/mol. The minimum absolute atomic E-state index is 0.155. The molecule has 1 aliphatic heterocycles. The molecule has 2 aromatic carbocycles. The van der Waals surface area contributed by atoms with Gasteiger partial charge in [-0.2, -0.15) is 0 Å². The first kappa shape index (κ1) is 20.4. The van der Waals surface area contributed by atoms with Crippen LogP contribution < -0.4 is 15.0 Å². The van der Waals surface area contributed by atoms with Gasteiger partial charge in [-0.15, -0.1) is 0 Å². The summed E-state index contributed by atoms with van der Waals surface area (Å²) in [6.45, 7) is 6.69. The van der Waals surface area contributed by atoms with Crippen LogP contribution in [-0.4, -0.2) is 29.9 Å². The van der Waals surface area contributed by atoms with Crippen molar-refractivity contribution in [2.75, 3.05) is 24.6 Å². The quantitative estimate of drug-likeness (QED) is 0.505. The lowest BCUT2D eigenvalue weighted by atomic mass is 10.1. The van der Waals surface area contributed by atoms with Crippen molar-refractivity contribution in [1.82, 2.24) is 5.32 Å². The molecule has 1 saturated heterocycles. The van der Waals surface area contributed by atoms with E-state index in [0.717, 1.165) is 36.5 Å². The SMILES string of the molecule is CCN(CC)c1ccc(/C=C2/SC(=S)NC2=O)c(OCCc2ccccc2)c1. The number of thioether (sulfide) groups is 1. The van der Waals surface area contributed by atoms with Gasteiger partial charge in [0.05, 0.1) is 11.5 Å². The highest BCUT2D eigenvalue weighted by Crippen LogP contribution is 2.32. The molecule has 0 aromatic heterocycles. The van der Waals surface area contributed by atoms with Gasteiger partial charge in [0.25, 0.3) is 5.91 Å². The lowest BCUT2D eigenvalue weighted by Crippen LogP contribution is -2.21. The summed E-state index contributed by atoms with van der Waals surface area (Å²) in [5.41, 5.74) is 3.23. The topological polar surface area (TPSA) is 41.6 Å². The average molecular weight is 413 g/mol. The highest BCUT2D eigenvalue weighted by atomic mass is 32.2. The Morgan fingerprint density at radius 1 is 1.14 bits per heavy atom. The molecule has 6 heteroatoms. The summed E-state index contributed by atoms with van der Waals surface area (Å²) in [7, 11) is 0. The molecule has 0 unspecified atom stereocenters. The van der Waals surface area contributed by atoms with E-state index < -0.39 is 0 Å². The molecule has 1 amide bonds. The molecule has 1 fully saturated rings. The van der Waals surface area contributed by atoms with E-state index in [0.29, 0.717) is 15.8 Å². The van der Waals surface area contributed by atoms with Gasteiger partial charge in [-0.3, -0.25) is 4.79 Å². The van der Waals surface area contributed by atoms with E-state index in [2.05, 4.69) is 48.3 Å². The van der Waals surface area contributed by atoms with Crippen LogP contribution >= 0.6 is 24.0 Å². The van der Waals surface area contributed by atoms with E-state index in [9.17, 15) is 4.79 Å². The summed E-state index contributed by atoms with van der Waals surface area (Å²) in [5, 5.41) is 2.66. The molecule has 0 bridgehead atoms. The number of amides is 1. The number of hydrogen-bond acceptors (Lipinski definition) is 5. The van der Waals surface area contributed by atoms with Gasteiger partial charge >= 0.3 is 0 Å². The number of hydrogen-bond donors (Lipinski definition) is 1. The minimum atomic E-state index is -0.155.